The van der Waals surface area contributed by atoms with Crippen molar-refractivity contribution in [3.05, 3.63) is 29.8 Å². The largest absolute Gasteiger partial charge is 0.479 e. The first-order valence-corrected chi connectivity index (χ1v) is 5.45. The number of ether oxygens (including phenoxy) is 2. The summed E-state index contributed by atoms with van der Waals surface area (Å²) >= 11 is 0. The summed E-state index contributed by atoms with van der Waals surface area (Å²) in [6, 6.07) is 7.55. The van der Waals surface area contributed by atoms with Crippen LogP contribution >= 0.6 is 0 Å². The van der Waals surface area contributed by atoms with Gasteiger partial charge in [0.15, 0.2) is 6.10 Å². The maximum Gasteiger partial charge on any atom is 0.346 e. The molecule has 16 heavy (non-hydrogen) atoms. The number of rotatable bonds is 3. The summed E-state index contributed by atoms with van der Waals surface area (Å²) in [5, 5.41) is 0. The zero-order chi connectivity index (χ0) is 12.6. The van der Waals surface area contributed by atoms with Gasteiger partial charge in [0, 0.05) is 0 Å². The zero-order valence-electron chi connectivity index (χ0n) is 10.6. The second-order valence-electron chi connectivity index (χ2n) is 3.05. The van der Waals surface area contributed by atoms with Crippen LogP contribution in [0, 0.1) is 6.92 Å². The summed E-state index contributed by atoms with van der Waals surface area (Å²) in [5.41, 5.74) is 1.00. The van der Waals surface area contributed by atoms with Gasteiger partial charge in [0.05, 0.1) is 7.11 Å². The smallest absolute Gasteiger partial charge is 0.346 e. The molecule has 0 bridgehead atoms. The molecule has 0 aliphatic heterocycles. The minimum Gasteiger partial charge on any atom is -0.479 e. The van der Waals surface area contributed by atoms with Gasteiger partial charge in [-0.1, -0.05) is 32.0 Å². The van der Waals surface area contributed by atoms with Gasteiger partial charge in [-0.3, -0.25) is 0 Å². The van der Waals surface area contributed by atoms with E-state index < -0.39 is 6.10 Å². The molecule has 0 heterocycles. The number of para-hydroxylation sites is 1. The molecule has 0 saturated heterocycles. The van der Waals surface area contributed by atoms with Gasteiger partial charge in [0.2, 0.25) is 0 Å². The fraction of sp³-hybridized carbons (Fsp3) is 0.462. The average Bonchev–Trinajstić information content (AvgIpc) is 2.33. The van der Waals surface area contributed by atoms with Gasteiger partial charge in [-0.05, 0) is 25.5 Å². The number of carbonyl (C=O) groups is 1. The van der Waals surface area contributed by atoms with Crippen molar-refractivity contribution in [1.82, 2.24) is 0 Å². The van der Waals surface area contributed by atoms with E-state index in [0.717, 1.165) is 5.56 Å². The van der Waals surface area contributed by atoms with Crippen molar-refractivity contribution in [3.63, 3.8) is 0 Å². The normalized spacial score (nSPS) is 10.8. The molecule has 0 saturated carbocycles. The van der Waals surface area contributed by atoms with Crippen molar-refractivity contribution in [3.8, 4) is 5.75 Å². The van der Waals surface area contributed by atoms with Gasteiger partial charge in [-0.2, -0.15) is 0 Å². The van der Waals surface area contributed by atoms with Crippen LogP contribution in [0.1, 0.15) is 26.3 Å². The Labute approximate surface area is 97.4 Å². The van der Waals surface area contributed by atoms with Crippen molar-refractivity contribution in [1.29, 1.82) is 0 Å². The number of hydrogen-bond acceptors (Lipinski definition) is 3. The van der Waals surface area contributed by atoms with E-state index in [1.54, 1.807) is 6.92 Å². The molecule has 3 heteroatoms. The Hall–Kier alpha value is -1.51. The van der Waals surface area contributed by atoms with Crippen LogP contribution in [-0.4, -0.2) is 19.2 Å². The molecular weight excluding hydrogens is 204 g/mol. The van der Waals surface area contributed by atoms with Crippen LogP contribution in [0.4, 0.5) is 0 Å². The summed E-state index contributed by atoms with van der Waals surface area (Å²) in [4.78, 5) is 11.1. The molecule has 1 aromatic rings. The molecule has 0 radical (unpaired) electrons. The molecule has 0 aromatic heterocycles. The van der Waals surface area contributed by atoms with Crippen LogP contribution in [0.15, 0.2) is 24.3 Å². The molecule has 90 valence electrons. The van der Waals surface area contributed by atoms with E-state index in [1.807, 2.05) is 45.0 Å². The fourth-order valence-corrected chi connectivity index (χ4v) is 1.09. The molecule has 1 atom stereocenters. The minimum atomic E-state index is -0.568. The van der Waals surface area contributed by atoms with Crippen molar-refractivity contribution >= 4 is 5.97 Å². The maximum atomic E-state index is 11.1. The first-order chi connectivity index (χ1) is 7.65. The molecule has 0 aliphatic carbocycles. The van der Waals surface area contributed by atoms with E-state index >= 15 is 0 Å². The molecule has 1 unspecified atom stereocenters. The quantitative estimate of drug-likeness (QED) is 0.740. The molecule has 0 N–H and O–H groups in total. The second-order valence-corrected chi connectivity index (χ2v) is 3.05. The zero-order valence-corrected chi connectivity index (χ0v) is 10.6. The van der Waals surface area contributed by atoms with Gasteiger partial charge in [0.1, 0.15) is 5.75 Å². The summed E-state index contributed by atoms with van der Waals surface area (Å²) in [6.45, 7) is 7.59. The lowest BCUT2D eigenvalue weighted by atomic mass is 10.2. The topological polar surface area (TPSA) is 35.5 Å². The third kappa shape index (κ3) is 4.34. The number of aryl methyl sites for hydroxylation is 1. The van der Waals surface area contributed by atoms with E-state index in [1.165, 1.54) is 7.11 Å². The van der Waals surface area contributed by atoms with Crippen LogP contribution in [0.2, 0.25) is 0 Å². The molecule has 1 rings (SSSR count). The van der Waals surface area contributed by atoms with E-state index in [0.29, 0.717) is 5.75 Å². The monoisotopic (exact) mass is 224 g/mol. The highest BCUT2D eigenvalue weighted by atomic mass is 16.6. The van der Waals surface area contributed by atoms with E-state index in [-0.39, 0.29) is 5.97 Å². The lowest BCUT2D eigenvalue weighted by Gasteiger charge is -2.13. The number of methoxy groups -OCH3 is 1. The number of carbonyl (C=O) groups excluding carboxylic acids is 1. The number of hydrogen-bond donors (Lipinski definition) is 0. The average molecular weight is 224 g/mol. The lowest BCUT2D eigenvalue weighted by molar-refractivity contribution is -0.147. The predicted molar refractivity (Wildman–Crippen MR) is 64.6 cm³/mol. The van der Waals surface area contributed by atoms with Gasteiger partial charge < -0.3 is 9.47 Å². The van der Waals surface area contributed by atoms with Crippen LogP contribution in [0.3, 0.4) is 0 Å². The van der Waals surface area contributed by atoms with Gasteiger partial charge >= 0.3 is 5.97 Å². The van der Waals surface area contributed by atoms with Gasteiger partial charge in [0.25, 0.3) is 0 Å². The minimum absolute atomic E-state index is 0.367. The fourth-order valence-electron chi connectivity index (χ4n) is 1.09. The second kappa shape index (κ2) is 7.74. The Morgan fingerprint density at radius 2 is 1.81 bits per heavy atom. The van der Waals surface area contributed by atoms with Crippen molar-refractivity contribution in [2.45, 2.75) is 33.8 Å². The van der Waals surface area contributed by atoms with Crippen LogP contribution in [-0.2, 0) is 9.53 Å². The summed E-state index contributed by atoms with van der Waals surface area (Å²) in [7, 11) is 1.35. The highest BCUT2D eigenvalue weighted by Crippen LogP contribution is 2.17. The lowest BCUT2D eigenvalue weighted by Crippen LogP contribution is -2.25. The first kappa shape index (κ1) is 14.5. The van der Waals surface area contributed by atoms with Crippen molar-refractivity contribution < 1.29 is 14.3 Å². The van der Waals surface area contributed by atoms with E-state index in [9.17, 15) is 4.79 Å². The SMILES string of the molecule is CC.COC(=O)C(C)Oc1ccccc1C. The van der Waals surface area contributed by atoms with Crippen molar-refractivity contribution in [2.75, 3.05) is 7.11 Å². The van der Waals surface area contributed by atoms with Crippen LogP contribution in [0.5, 0.6) is 5.75 Å². The molecule has 0 aliphatic rings. The Morgan fingerprint density at radius 1 is 1.25 bits per heavy atom. The highest BCUT2D eigenvalue weighted by molar-refractivity contribution is 5.74. The third-order valence-electron chi connectivity index (χ3n) is 1.93. The van der Waals surface area contributed by atoms with Crippen LogP contribution in [0.25, 0.3) is 0 Å². The first-order valence-electron chi connectivity index (χ1n) is 5.45. The molecule has 0 fully saturated rings. The van der Waals surface area contributed by atoms with Crippen molar-refractivity contribution in [2.24, 2.45) is 0 Å². The Balaban J connectivity index is 0.00000106. The summed E-state index contributed by atoms with van der Waals surface area (Å²) in [6.07, 6.45) is -0.568. The highest BCUT2D eigenvalue weighted by Gasteiger charge is 2.15. The standard InChI is InChI=1S/C11H14O3.C2H6/c1-8-6-4-5-7-10(8)14-9(2)11(12)13-3;1-2/h4-7,9H,1-3H3;1-2H3. The van der Waals surface area contributed by atoms with E-state index in [2.05, 4.69) is 4.74 Å². The van der Waals surface area contributed by atoms with Gasteiger partial charge in [-0.15, -0.1) is 0 Å². The molecular formula is C13H20O3. The molecule has 3 nitrogen and oxygen atoms in total. The summed E-state index contributed by atoms with van der Waals surface area (Å²) in [5.74, 6) is 0.346. The maximum absolute atomic E-state index is 11.1. The number of benzene rings is 1. The Morgan fingerprint density at radius 3 is 2.31 bits per heavy atom. The molecule has 0 amide bonds. The summed E-state index contributed by atoms with van der Waals surface area (Å²) < 4.78 is 9.98. The Kier molecular flexibility index (Phi) is 7.01. The number of esters is 1. The van der Waals surface area contributed by atoms with Gasteiger partial charge in [-0.25, -0.2) is 4.79 Å². The predicted octanol–water partition coefficient (Wildman–Crippen LogP) is 2.96. The van der Waals surface area contributed by atoms with Crippen LogP contribution < -0.4 is 4.74 Å². The Bertz CT molecular complexity index is 321. The van der Waals surface area contributed by atoms with E-state index in [4.69, 9.17) is 4.74 Å². The third-order valence-corrected chi connectivity index (χ3v) is 1.93. The molecule has 1 aromatic carbocycles. The molecule has 0 spiro atoms.